The second-order valence-electron chi connectivity index (χ2n) is 6.87. The second-order valence-corrected chi connectivity index (χ2v) is 6.87. The molecule has 6 heteroatoms. The van der Waals surface area contributed by atoms with Gasteiger partial charge in [-0.15, -0.1) is 0 Å². The van der Waals surface area contributed by atoms with Crippen molar-refractivity contribution >= 4 is 12.0 Å². The Kier molecular flexibility index (Phi) is 5.71. The average molecular weight is 361 g/mol. The Morgan fingerprint density at radius 1 is 1.12 bits per heavy atom. The molecule has 3 rings (SSSR count). The first-order valence-corrected chi connectivity index (χ1v) is 8.98. The molecule has 1 amide bonds. The topological polar surface area (TPSA) is 66.0 Å². The summed E-state index contributed by atoms with van der Waals surface area (Å²) in [6, 6.07) is 3.88. The number of ether oxygens (including phenoxy) is 4. The van der Waals surface area contributed by atoms with Gasteiger partial charge in [0.2, 0.25) is 11.7 Å². The quantitative estimate of drug-likeness (QED) is 0.789. The molecule has 1 saturated carbocycles. The fourth-order valence-electron chi connectivity index (χ4n) is 3.89. The molecule has 0 aromatic heterocycles. The summed E-state index contributed by atoms with van der Waals surface area (Å²) in [7, 11) is 4.71. The van der Waals surface area contributed by atoms with Crippen molar-refractivity contribution < 1.29 is 23.7 Å². The van der Waals surface area contributed by atoms with E-state index in [1.54, 1.807) is 33.5 Å². The van der Waals surface area contributed by atoms with Crippen LogP contribution in [-0.2, 0) is 9.53 Å². The van der Waals surface area contributed by atoms with Crippen molar-refractivity contribution in [2.75, 3.05) is 34.5 Å². The van der Waals surface area contributed by atoms with Gasteiger partial charge in [-0.05, 0) is 54.9 Å². The van der Waals surface area contributed by atoms with Crippen LogP contribution in [0.2, 0.25) is 0 Å². The van der Waals surface area contributed by atoms with Crippen molar-refractivity contribution in [2.45, 2.75) is 31.7 Å². The van der Waals surface area contributed by atoms with E-state index in [0.717, 1.165) is 38.0 Å². The summed E-state index contributed by atoms with van der Waals surface area (Å²) >= 11 is 0. The standard InChI is InChI=1S/C20H27NO5/c1-23-15-12-14(13-16(24-2)19(15)25-3)4-5-18(22)21-17-6-7-20(17)8-10-26-11-9-20/h4-5,12-13,17H,6-11H2,1-3H3,(H,21,22)/b5-4+. The predicted molar refractivity (Wildman–Crippen MR) is 98.8 cm³/mol. The first kappa shape index (κ1) is 18.6. The van der Waals surface area contributed by atoms with Crippen LogP contribution in [0, 0.1) is 5.41 Å². The molecule has 2 fully saturated rings. The highest BCUT2D eigenvalue weighted by Gasteiger charge is 2.47. The zero-order valence-corrected chi connectivity index (χ0v) is 15.7. The third-order valence-corrected chi connectivity index (χ3v) is 5.59. The van der Waals surface area contributed by atoms with Crippen molar-refractivity contribution in [2.24, 2.45) is 5.41 Å². The van der Waals surface area contributed by atoms with E-state index in [0.29, 0.717) is 17.2 Å². The lowest BCUT2D eigenvalue weighted by atomic mass is 9.60. The molecule has 1 N–H and O–H groups in total. The first-order chi connectivity index (χ1) is 12.6. The molecular formula is C20H27NO5. The van der Waals surface area contributed by atoms with Gasteiger partial charge in [-0.25, -0.2) is 0 Å². The van der Waals surface area contributed by atoms with E-state index in [4.69, 9.17) is 18.9 Å². The molecule has 1 aliphatic carbocycles. The van der Waals surface area contributed by atoms with E-state index in [1.807, 2.05) is 12.1 Å². The van der Waals surface area contributed by atoms with E-state index >= 15 is 0 Å². The highest BCUT2D eigenvalue weighted by atomic mass is 16.5. The number of benzene rings is 1. The SMILES string of the molecule is COc1cc(/C=C/C(=O)NC2CCC23CCOCC3)cc(OC)c1OC. The van der Waals surface area contributed by atoms with E-state index in [9.17, 15) is 4.79 Å². The van der Waals surface area contributed by atoms with Gasteiger partial charge in [-0.2, -0.15) is 0 Å². The van der Waals surface area contributed by atoms with Gasteiger partial charge in [0, 0.05) is 25.3 Å². The molecule has 1 aromatic carbocycles. The normalized spacial score (nSPS) is 21.3. The maximum Gasteiger partial charge on any atom is 0.244 e. The average Bonchev–Trinajstić information content (AvgIpc) is 2.69. The molecule has 2 aliphatic rings. The Balaban J connectivity index is 1.66. The minimum absolute atomic E-state index is 0.0747. The third-order valence-electron chi connectivity index (χ3n) is 5.59. The summed E-state index contributed by atoms with van der Waals surface area (Å²) < 4.78 is 21.5. The maximum atomic E-state index is 12.4. The van der Waals surface area contributed by atoms with Gasteiger partial charge in [-0.1, -0.05) is 0 Å². The number of carbonyl (C=O) groups excluding carboxylic acids is 1. The third kappa shape index (κ3) is 3.65. The lowest BCUT2D eigenvalue weighted by Gasteiger charge is -2.51. The number of carbonyl (C=O) groups is 1. The van der Waals surface area contributed by atoms with Gasteiger partial charge >= 0.3 is 0 Å². The number of nitrogens with one attached hydrogen (secondary N) is 1. The predicted octanol–water partition coefficient (Wildman–Crippen LogP) is 2.80. The smallest absolute Gasteiger partial charge is 0.244 e. The molecule has 26 heavy (non-hydrogen) atoms. The Hall–Kier alpha value is -2.21. The van der Waals surface area contributed by atoms with Gasteiger partial charge in [0.25, 0.3) is 0 Å². The molecule has 1 atom stereocenters. The minimum atomic E-state index is -0.0747. The van der Waals surface area contributed by atoms with E-state index in [1.165, 1.54) is 6.42 Å². The monoisotopic (exact) mass is 361 g/mol. The summed E-state index contributed by atoms with van der Waals surface area (Å²) in [6.07, 6.45) is 7.62. The fraction of sp³-hybridized carbons (Fsp3) is 0.550. The zero-order valence-electron chi connectivity index (χ0n) is 15.7. The van der Waals surface area contributed by atoms with Crippen LogP contribution in [0.3, 0.4) is 0 Å². The molecule has 0 radical (unpaired) electrons. The van der Waals surface area contributed by atoms with Crippen molar-refractivity contribution in [1.29, 1.82) is 0 Å². The van der Waals surface area contributed by atoms with Crippen molar-refractivity contribution in [3.8, 4) is 17.2 Å². The number of hydrogen-bond donors (Lipinski definition) is 1. The second kappa shape index (κ2) is 7.99. The van der Waals surface area contributed by atoms with Crippen LogP contribution in [0.15, 0.2) is 18.2 Å². The van der Waals surface area contributed by atoms with Gasteiger partial charge < -0.3 is 24.3 Å². The van der Waals surface area contributed by atoms with Crippen LogP contribution in [0.4, 0.5) is 0 Å². The van der Waals surface area contributed by atoms with Crippen molar-refractivity contribution in [3.05, 3.63) is 23.8 Å². The highest BCUT2D eigenvalue weighted by Crippen LogP contribution is 2.48. The summed E-state index contributed by atoms with van der Waals surface area (Å²) in [5, 5.41) is 3.16. The van der Waals surface area contributed by atoms with Crippen LogP contribution < -0.4 is 19.5 Å². The highest BCUT2D eigenvalue weighted by molar-refractivity contribution is 5.92. The number of amides is 1. The number of rotatable bonds is 6. The molecule has 142 valence electrons. The van der Waals surface area contributed by atoms with Crippen molar-refractivity contribution in [3.63, 3.8) is 0 Å². The zero-order chi connectivity index (χ0) is 18.6. The van der Waals surface area contributed by atoms with Crippen LogP contribution >= 0.6 is 0 Å². The van der Waals surface area contributed by atoms with Crippen LogP contribution in [0.25, 0.3) is 6.08 Å². The Morgan fingerprint density at radius 3 is 2.27 bits per heavy atom. The van der Waals surface area contributed by atoms with Crippen LogP contribution in [0.1, 0.15) is 31.2 Å². The minimum Gasteiger partial charge on any atom is -0.493 e. The van der Waals surface area contributed by atoms with E-state index in [2.05, 4.69) is 5.32 Å². The van der Waals surface area contributed by atoms with E-state index in [-0.39, 0.29) is 17.4 Å². The molecule has 1 unspecified atom stereocenters. The van der Waals surface area contributed by atoms with Gasteiger partial charge in [-0.3, -0.25) is 4.79 Å². The maximum absolute atomic E-state index is 12.4. The molecule has 1 saturated heterocycles. The molecule has 1 heterocycles. The number of hydrogen-bond acceptors (Lipinski definition) is 5. The summed E-state index contributed by atoms with van der Waals surface area (Å²) in [5.41, 5.74) is 1.05. The summed E-state index contributed by atoms with van der Waals surface area (Å²) in [6.45, 7) is 1.60. The Morgan fingerprint density at radius 2 is 1.77 bits per heavy atom. The molecule has 6 nitrogen and oxygen atoms in total. The van der Waals surface area contributed by atoms with Crippen molar-refractivity contribution in [1.82, 2.24) is 5.32 Å². The molecule has 0 bridgehead atoms. The van der Waals surface area contributed by atoms with Gasteiger partial charge in [0.15, 0.2) is 11.5 Å². The van der Waals surface area contributed by atoms with Crippen LogP contribution in [-0.4, -0.2) is 46.5 Å². The lowest BCUT2D eigenvalue weighted by Crippen LogP contribution is -2.56. The molecular weight excluding hydrogens is 334 g/mol. The molecule has 1 spiro atoms. The summed E-state index contributed by atoms with van der Waals surface area (Å²) in [5.74, 6) is 1.58. The summed E-state index contributed by atoms with van der Waals surface area (Å²) in [4.78, 5) is 12.4. The van der Waals surface area contributed by atoms with Gasteiger partial charge in [0.1, 0.15) is 0 Å². The Bertz CT molecular complexity index is 654. The largest absolute Gasteiger partial charge is 0.493 e. The first-order valence-electron chi connectivity index (χ1n) is 8.98. The molecule has 1 aliphatic heterocycles. The molecule has 1 aromatic rings. The lowest BCUT2D eigenvalue weighted by molar-refractivity contribution is -0.122. The Labute approximate surface area is 154 Å². The van der Waals surface area contributed by atoms with Gasteiger partial charge in [0.05, 0.1) is 21.3 Å². The number of methoxy groups -OCH3 is 3. The van der Waals surface area contributed by atoms with E-state index < -0.39 is 0 Å². The fourth-order valence-corrected chi connectivity index (χ4v) is 3.89. The van der Waals surface area contributed by atoms with Crippen LogP contribution in [0.5, 0.6) is 17.2 Å².